The number of thiophene rings is 1. The normalized spacial score (nSPS) is 15.0. The van der Waals surface area contributed by atoms with Crippen LogP contribution in [0.15, 0.2) is 40.5 Å². The Hall–Kier alpha value is -2.61. The number of hydrogen-bond acceptors (Lipinski definition) is 5. The fourth-order valence-corrected chi connectivity index (χ4v) is 3.33. The van der Waals surface area contributed by atoms with Crippen LogP contribution in [0.25, 0.3) is 16.4 Å². The Morgan fingerprint density at radius 2 is 2.14 bits per heavy atom. The van der Waals surface area contributed by atoms with Gasteiger partial charge in [0.1, 0.15) is 5.00 Å². The van der Waals surface area contributed by atoms with Gasteiger partial charge in [-0.15, -0.1) is 11.3 Å². The van der Waals surface area contributed by atoms with Crippen LogP contribution in [0.2, 0.25) is 0 Å². The Balaban J connectivity index is 1.58. The van der Waals surface area contributed by atoms with Crippen LogP contribution in [-0.2, 0) is 0 Å². The smallest absolute Gasteiger partial charge is 0.314 e. The quantitative estimate of drug-likeness (QED) is 0.801. The van der Waals surface area contributed by atoms with E-state index in [1.54, 1.807) is 16.2 Å². The van der Waals surface area contributed by atoms with Crippen LogP contribution in [-0.4, -0.2) is 38.7 Å². The topological polar surface area (TPSA) is 90.2 Å². The number of amides is 2. The summed E-state index contributed by atoms with van der Waals surface area (Å²) in [7, 11) is 0. The van der Waals surface area contributed by atoms with Crippen molar-refractivity contribution in [3.8, 4) is 16.4 Å². The van der Waals surface area contributed by atoms with E-state index in [9.17, 15) is 4.79 Å². The predicted octanol–water partition coefficient (Wildman–Crippen LogP) is 2.07. The van der Waals surface area contributed by atoms with E-state index >= 15 is 0 Å². The summed E-state index contributed by atoms with van der Waals surface area (Å²) in [4.78, 5) is 17.0. The molecule has 0 aromatic carbocycles. The largest absolute Gasteiger partial charge is 0.351 e. The summed E-state index contributed by atoms with van der Waals surface area (Å²) in [6.07, 6.45) is 3.96. The van der Waals surface area contributed by atoms with Crippen molar-refractivity contribution in [2.24, 2.45) is 5.73 Å². The van der Waals surface area contributed by atoms with Gasteiger partial charge in [-0.2, -0.15) is 4.98 Å². The van der Waals surface area contributed by atoms with Gasteiger partial charge in [0.25, 0.3) is 0 Å². The van der Waals surface area contributed by atoms with Gasteiger partial charge in [-0.25, -0.2) is 4.79 Å². The van der Waals surface area contributed by atoms with E-state index in [4.69, 9.17) is 10.3 Å². The SMILES string of the molecule is NC(=O)N1CC(c2nc(-c3ccsc3-n3cccc3)no2)C1. The third kappa shape index (κ3) is 2.08. The molecule has 0 unspecified atom stereocenters. The number of likely N-dealkylation sites (tertiary alicyclic amines) is 1. The molecule has 0 spiro atoms. The van der Waals surface area contributed by atoms with Gasteiger partial charge in [0, 0.05) is 25.5 Å². The summed E-state index contributed by atoms with van der Waals surface area (Å²) in [6.45, 7) is 1.07. The predicted molar refractivity (Wildman–Crippen MR) is 80.8 cm³/mol. The second kappa shape index (κ2) is 4.99. The van der Waals surface area contributed by atoms with Crippen LogP contribution in [0, 0.1) is 0 Å². The van der Waals surface area contributed by atoms with Crippen LogP contribution < -0.4 is 5.73 Å². The molecule has 22 heavy (non-hydrogen) atoms. The number of aromatic nitrogens is 3. The molecule has 1 fully saturated rings. The number of nitrogens with two attached hydrogens (primary N) is 1. The molecule has 8 heteroatoms. The first-order valence-electron chi connectivity index (χ1n) is 6.81. The minimum Gasteiger partial charge on any atom is -0.351 e. The minimum absolute atomic E-state index is 0.0717. The second-order valence-electron chi connectivity index (χ2n) is 5.13. The number of urea groups is 1. The fraction of sp³-hybridized carbons (Fsp3) is 0.214. The summed E-state index contributed by atoms with van der Waals surface area (Å²) in [5, 5.41) is 7.12. The van der Waals surface area contributed by atoms with Gasteiger partial charge in [-0.05, 0) is 23.6 Å². The molecule has 3 aromatic rings. The molecule has 0 atom stereocenters. The van der Waals surface area contributed by atoms with Gasteiger partial charge in [0.05, 0.1) is 11.5 Å². The maximum atomic E-state index is 11.0. The molecule has 1 aliphatic rings. The molecular formula is C14H13N5O2S. The van der Waals surface area contributed by atoms with E-state index in [1.807, 2.05) is 40.5 Å². The molecule has 0 radical (unpaired) electrons. The lowest BCUT2D eigenvalue weighted by molar-refractivity contribution is 0.144. The van der Waals surface area contributed by atoms with E-state index < -0.39 is 6.03 Å². The summed E-state index contributed by atoms with van der Waals surface area (Å²) in [6, 6.07) is 5.50. The maximum Gasteiger partial charge on any atom is 0.314 e. The monoisotopic (exact) mass is 315 g/mol. The molecule has 0 aliphatic carbocycles. The Morgan fingerprint density at radius 1 is 1.36 bits per heavy atom. The highest BCUT2D eigenvalue weighted by Crippen LogP contribution is 2.32. The van der Waals surface area contributed by atoms with Crippen molar-refractivity contribution in [3.05, 3.63) is 41.9 Å². The first-order valence-corrected chi connectivity index (χ1v) is 7.69. The van der Waals surface area contributed by atoms with Crippen LogP contribution in [0.4, 0.5) is 4.79 Å². The number of rotatable bonds is 3. The van der Waals surface area contributed by atoms with Crippen molar-refractivity contribution in [2.75, 3.05) is 13.1 Å². The molecule has 1 aliphatic heterocycles. The van der Waals surface area contributed by atoms with Crippen molar-refractivity contribution >= 4 is 17.4 Å². The highest BCUT2D eigenvalue weighted by molar-refractivity contribution is 7.13. The third-order valence-corrected chi connectivity index (χ3v) is 4.64. The summed E-state index contributed by atoms with van der Waals surface area (Å²) < 4.78 is 7.37. The number of carbonyl (C=O) groups excluding carboxylic acids is 1. The van der Waals surface area contributed by atoms with Crippen molar-refractivity contribution in [3.63, 3.8) is 0 Å². The van der Waals surface area contributed by atoms with Gasteiger partial charge < -0.3 is 19.7 Å². The zero-order chi connectivity index (χ0) is 15.1. The maximum absolute atomic E-state index is 11.0. The second-order valence-corrected chi connectivity index (χ2v) is 6.02. The number of primary amides is 1. The molecular weight excluding hydrogens is 302 g/mol. The van der Waals surface area contributed by atoms with Gasteiger partial charge in [0.2, 0.25) is 11.7 Å². The van der Waals surface area contributed by atoms with Crippen molar-refractivity contribution in [1.29, 1.82) is 0 Å². The molecule has 4 heterocycles. The van der Waals surface area contributed by atoms with Gasteiger partial charge in [-0.3, -0.25) is 0 Å². The van der Waals surface area contributed by atoms with E-state index in [1.165, 1.54) is 0 Å². The van der Waals surface area contributed by atoms with E-state index in [2.05, 4.69) is 10.1 Å². The lowest BCUT2D eigenvalue weighted by Gasteiger charge is -2.35. The van der Waals surface area contributed by atoms with Crippen LogP contribution in [0.1, 0.15) is 11.8 Å². The van der Waals surface area contributed by atoms with Crippen LogP contribution in [0.5, 0.6) is 0 Å². The van der Waals surface area contributed by atoms with E-state index in [0.717, 1.165) is 10.6 Å². The minimum atomic E-state index is -0.413. The van der Waals surface area contributed by atoms with Crippen molar-refractivity contribution < 1.29 is 9.32 Å². The van der Waals surface area contributed by atoms with E-state index in [0.29, 0.717) is 24.8 Å². The Morgan fingerprint density at radius 3 is 2.86 bits per heavy atom. The Labute approximate surface area is 130 Å². The fourth-order valence-electron chi connectivity index (χ4n) is 2.47. The van der Waals surface area contributed by atoms with E-state index in [-0.39, 0.29) is 5.92 Å². The molecule has 3 aromatic heterocycles. The Kier molecular flexibility index (Phi) is 2.97. The number of nitrogens with zero attached hydrogens (tertiary/aromatic N) is 4. The molecule has 4 rings (SSSR count). The van der Waals surface area contributed by atoms with Crippen molar-refractivity contribution in [1.82, 2.24) is 19.6 Å². The first kappa shape index (κ1) is 13.1. The molecule has 2 amide bonds. The number of hydrogen-bond donors (Lipinski definition) is 1. The number of carbonyl (C=O) groups is 1. The third-order valence-electron chi connectivity index (χ3n) is 3.71. The lowest BCUT2D eigenvalue weighted by Crippen LogP contribution is -2.50. The highest BCUT2D eigenvalue weighted by atomic mass is 32.1. The molecule has 0 bridgehead atoms. The van der Waals surface area contributed by atoms with Crippen molar-refractivity contribution in [2.45, 2.75) is 5.92 Å². The molecule has 112 valence electrons. The molecule has 0 saturated carbocycles. The highest BCUT2D eigenvalue weighted by Gasteiger charge is 2.34. The zero-order valence-corrected chi connectivity index (χ0v) is 12.4. The zero-order valence-electron chi connectivity index (χ0n) is 11.5. The summed E-state index contributed by atoms with van der Waals surface area (Å²) in [5.41, 5.74) is 6.15. The van der Waals surface area contributed by atoms with Gasteiger partial charge in [0.15, 0.2) is 0 Å². The first-order chi connectivity index (χ1) is 10.7. The average molecular weight is 315 g/mol. The van der Waals surface area contributed by atoms with Crippen LogP contribution >= 0.6 is 11.3 Å². The molecule has 2 N–H and O–H groups in total. The van der Waals surface area contributed by atoms with Crippen LogP contribution in [0.3, 0.4) is 0 Å². The summed E-state index contributed by atoms with van der Waals surface area (Å²) in [5.74, 6) is 1.19. The average Bonchev–Trinajstić information content (AvgIpc) is 3.17. The Bertz CT molecular complexity index is 801. The van der Waals surface area contributed by atoms with Gasteiger partial charge >= 0.3 is 6.03 Å². The summed E-state index contributed by atoms with van der Waals surface area (Å²) >= 11 is 1.62. The standard InChI is InChI=1S/C14H13N5O2S/c15-14(20)19-7-9(8-19)12-16-11(17-21-12)10-3-6-22-13(10)18-4-1-2-5-18/h1-6,9H,7-8H2,(H2,15,20). The lowest BCUT2D eigenvalue weighted by atomic mass is 10.0. The van der Waals surface area contributed by atoms with Gasteiger partial charge in [-0.1, -0.05) is 5.16 Å². The molecule has 7 nitrogen and oxygen atoms in total. The molecule has 1 saturated heterocycles.